The first-order valence-corrected chi connectivity index (χ1v) is 5.37. The Morgan fingerprint density at radius 1 is 1.53 bits per heavy atom. The topological polar surface area (TPSA) is 73.8 Å². The lowest BCUT2D eigenvalue weighted by Gasteiger charge is -2.04. The standard InChI is InChI=1S/C11H11ClN4O/c1-16-11(14-6-15-16)5-10(17)8-3-2-7(12)4-9(8)13/h2-4,6H,5,13H2,1H3. The van der Waals surface area contributed by atoms with Gasteiger partial charge in [-0.15, -0.1) is 0 Å². The smallest absolute Gasteiger partial charge is 0.172 e. The van der Waals surface area contributed by atoms with Gasteiger partial charge in [-0.25, -0.2) is 4.98 Å². The van der Waals surface area contributed by atoms with Crippen LogP contribution < -0.4 is 5.73 Å². The Balaban J connectivity index is 2.23. The van der Waals surface area contributed by atoms with E-state index in [0.29, 0.717) is 22.1 Å². The minimum absolute atomic E-state index is 0.102. The number of nitrogens with zero attached hydrogens (tertiary/aromatic N) is 3. The summed E-state index contributed by atoms with van der Waals surface area (Å²) in [4.78, 5) is 16.0. The van der Waals surface area contributed by atoms with E-state index < -0.39 is 0 Å². The molecule has 0 unspecified atom stereocenters. The number of anilines is 1. The van der Waals surface area contributed by atoms with E-state index in [0.717, 1.165) is 0 Å². The summed E-state index contributed by atoms with van der Waals surface area (Å²) in [6.45, 7) is 0. The number of nitrogen functional groups attached to an aromatic ring is 1. The molecule has 0 saturated heterocycles. The first-order valence-electron chi connectivity index (χ1n) is 4.99. The molecule has 2 rings (SSSR count). The van der Waals surface area contributed by atoms with Gasteiger partial charge in [0.15, 0.2) is 5.78 Å². The molecule has 0 aliphatic carbocycles. The van der Waals surface area contributed by atoms with Gasteiger partial charge in [0.25, 0.3) is 0 Å². The number of aromatic nitrogens is 3. The Morgan fingerprint density at radius 2 is 2.29 bits per heavy atom. The van der Waals surface area contributed by atoms with Crippen molar-refractivity contribution in [1.82, 2.24) is 14.8 Å². The second-order valence-corrected chi connectivity index (χ2v) is 4.07. The molecule has 1 heterocycles. The second-order valence-electron chi connectivity index (χ2n) is 3.63. The van der Waals surface area contributed by atoms with Gasteiger partial charge in [-0.3, -0.25) is 9.48 Å². The number of aryl methyl sites for hydroxylation is 1. The van der Waals surface area contributed by atoms with Crippen LogP contribution in [0.25, 0.3) is 0 Å². The van der Waals surface area contributed by atoms with E-state index >= 15 is 0 Å². The Morgan fingerprint density at radius 3 is 2.88 bits per heavy atom. The summed E-state index contributed by atoms with van der Waals surface area (Å²) in [5.41, 5.74) is 6.58. The van der Waals surface area contributed by atoms with Crippen LogP contribution in [0.3, 0.4) is 0 Å². The number of halogens is 1. The van der Waals surface area contributed by atoms with Gasteiger partial charge in [0.1, 0.15) is 12.2 Å². The number of carbonyl (C=O) groups excluding carboxylic acids is 1. The summed E-state index contributed by atoms with van der Waals surface area (Å²) in [5, 5.41) is 4.41. The minimum Gasteiger partial charge on any atom is -0.398 e. The summed E-state index contributed by atoms with van der Waals surface area (Å²) in [5.74, 6) is 0.500. The summed E-state index contributed by atoms with van der Waals surface area (Å²) in [6.07, 6.45) is 1.58. The second kappa shape index (κ2) is 4.55. The van der Waals surface area contributed by atoms with Crippen LogP contribution in [0.1, 0.15) is 16.2 Å². The zero-order chi connectivity index (χ0) is 12.4. The molecular formula is C11H11ClN4O. The molecule has 2 aromatic rings. The Kier molecular flexibility index (Phi) is 3.10. The van der Waals surface area contributed by atoms with Crippen molar-refractivity contribution in [3.8, 4) is 0 Å². The van der Waals surface area contributed by atoms with Crippen LogP contribution in [-0.2, 0) is 13.5 Å². The summed E-state index contributed by atoms with van der Waals surface area (Å²) in [6, 6.07) is 4.82. The van der Waals surface area contributed by atoms with E-state index in [2.05, 4.69) is 10.1 Å². The highest BCUT2D eigenvalue weighted by Crippen LogP contribution is 2.19. The third-order valence-electron chi connectivity index (χ3n) is 2.44. The molecule has 1 aromatic heterocycles. The molecule has 0 radical (unpaired) electrons. The van der Waals surface area contributed by atoms with E-state index in [1.165, 1.54) is 6.33 Å². The molecule has 0 fully saturated rings. The lowest BCUT2D eigenvalue weighted by Crippen LogP contribution is -2.11. The number of nitrogens with two attached hydrogens (primary N) is 1. The van der Waals surface area contributed by atoms with Crippen LogP contribution in [0.15, 0.2) is 24.5 Å². The van der Waals surface area contributed by atoms with Gasteiger partial charge >= 0.3 is 0 Å². The molecule has 0 spiro atoms. The summed E-state index contributed by atoms with van der Waals surface area (Å²) in [7, 11) is 1.74. The number of ketones is 1. The van der Waals surface area contributed by atoms with Gasteiger partial charge < -0.3 is 5.73 Å². The molecule has 0 atom stereocenters. The van der Waals surface area contributed by atoms with E-state index in [-0.39, 0.29) is 12.2 Å². The molecule has 0 saturated carbocycles. The van der Waals surface area contributed by atoms with Crippen LogP contribution in [-0.4, -0.2) is 20.5 Å². The zero-order valence-electron chi connectivity index (χ0n) is 9.22. The number of carbonyl (C=O) groups is 1. The van der Waals surface area contributed by atoms with Gasteiger partial charge in [-0.05, 0) is 18.2 Å². The van der Waals surface area contributed by atoms with Crippen molar-refractivity contribution in [2.45, 2.75) is 6.42 Å². The molecule has 5 nitrogen and oxygen atoms in total. The fourth-order valence-electron chi connectivity index (χ4n) is 1.51. The van der Waals surface area contributed by atoms with Gasteiger partial charge in [0.2, 0.25) is 0 Å². The molecule has 0 aliphatic rings. The van der Waals surface area contributed by atoms with Gasteiger partial charge in [-0.2, -0.15) is 5.10 Å². The van der Waals surface area contributed by atoms with E-state index in [1.54, 1.807) is 29.9 Å². The molecule has 2 N–H and O–H groups in total. The average molecular weight is 251 g/mol. The third kappa shape index (κ3) is 2.45. The molecular weight excluding hydrogens is 240 g/mol. The van der Waals surface area contributed by atoms with E-state index in [9.17, 15) is 4.79 Å². The quantitative estimate of drug-likeness (QED) is 0.661. The first kappa shape index (κ1) is 11.6. The molecule has 0 bridgehead atoms. The Hall–Kier alpha value is -1.88. The predicted octanol–water partition coefficient (Wildman–Crippen LogP) is 1.48. The maximum Gasteiger partial charge on any atom is 0.172 e. The lowest BCUT2D eigenvalue weighted by atomic mass is 10.1. The van der Waals surface area contributed by atoms with Crippen molar-refractivity contribution >= 4 is 23.1 Å². The van der Waals surface area contributed by atoms with Crippen LogP contribution in [0, 0.1) is 0 Å². The predicted molar refractivity (Wildman–Crippen MR) is 64.9 cm³/mol. The Bertz CT molecular complexity index is 564. The van der Waals surface area contributed by atoms with Crippen LogP contribution in [0.4, 0.5) is 5.69 Å². The number of hydrogen-bond acceptors (Lipinski definition) is 4. The van der Waals surface area contributed by atoms with Crippen molar-refractivity contribution < 1.29 is 4.79 Å². The minimum atomic E-state index is -0.102. The van der Waals surface area contributed by atoms with Gasteiger partial charge in [-0.1, -0.05) is 11.6 Å². The number of hydrogen-bond donors (Lipinski definition) is 1. The third-order valence-corrected chi connectivity index (χ3v) is 2.67. The fraction of sp³-hybridized carbons (Fsp3) is 0.182. The number of rotatable bonds is 3. The maximum atomic E-state index is 12.0. The molecule has 6 heteroatoms. The maximum absolute atomic E-state index is 12.0. The zero-order valence-corrected chi connectivity index (χ0v) is 9.98. The van der Waals surface area contributed by atoms with Crippen LogP contribution in [0.5, 0.6) is 0 Å². The van der Waals surface area contributed by atoms with Crippen molar-refractivity contribution in [2.24, 2.45) is 7.05 Å². The van der Waals surface area contributed by atoms with Crippen molar-refractivity contribution in [2.75, 3.05) is 5.73 Å². The Labute approximate surface area is 103 Å². The molecule has 1 aromatic carbocycles. The number of Topliss-reactive ketones (excluding diaryl/α,β-unsaturated/α-hetero) is 1. The van der Waals surface area contributed by atoms with Gasteiger partial charge in [0.05, 0.1) is 6.42 Å². The van der Waals surface area contributed by atoms with Crippen molar-refractivity contribution in [3.63, 3.8) is 0 Å². The summed E-state index contributed by atoms with van der Waals surface area (Å²) >= 11 is 5.77. The number of benzene rings is 1. The lowest BCUT2D eigenvalue weighted by molar-refractivity contribution is 0.0990. The highest BCUT2D eigenvalue weighted by Gasteiger charge is 2.13. The molecule has 0 amide bonds. The van der Waals surface area contributed by atoms with Crippen molar-refractivity contribution in [1.29, 1.82) is 0 Å². The van der Waals surface area contributed by atoms with Gasteiger partial charge in [0, 0.05) is 23.3 Å². The van der Waals surface area contributed by atoms with Crippen molar-refractivity contribution in [3.05, 3.63) is 40.9 Å². The molecule has 0 aliphatic heterocycles. The fourth-order valence-corrected chi connectivity index (χ4v) is 1.69. The SMILES string of the molecule is Cn1ncnc1CC(=O)c1ccc(Cl)cc1N. The average Bonchev–Trinajstić information content (AvgIpc) is 2.64. The van der Waals surface area contributed by atoms with Crippen LogP contribution in [0.2, 0.25) is 5.02 Å². The summed E-state index contributed by atoms with van der Waals surface area (Å²) < 4.78 is 1.56. The molecule has 88 valence electrons. The highest BCUT2D eigenvalue weighted by atomic mass is 35.5. The van der Waals surface area contributed by atoms with E-state index in [4.69, 9.17) is 17.3 Å². The van der Waals surface area contributed by atoms with E-state index in [1.807, 2.05) is 0 Å². The monoisotopic (exact) mass is 250 g/mol. The van der Waals surface area contributed by atoms with Crippen LogP contribution >= 0.6 is 11.6 Å². The first-order chi connectivity index (χ1) is 8.08. The molecule has 17 heavy (non-hydrogen) atoms. The highest BCUT2D eigenvalue weighted by molar-refractivity contribution is 6.31. The normalized spacial score (nSPS) is 10.5. The largest absolute Gasteiger partial charge is 0.398 e.